The second-order valence-corrected chi connectivity index (χ2v) is 8.41. The maximum absolute atomic E-state index is 13.7. The van der Waals surface area contributed by atoms with Crippen LogP contribution >= 0.6 is 23.4 Å². The fourth-order valence-electron chi connectivity index (χ4n) is 3.44. The number of halogens is 8. The van der Waals surface area contributed by atoms with E-state index in [4.69, 9.17) is 11.6 Å². The van der Waals surface area contributed by atoms with Gasteiger partial charge in [-0.3, -0.25) is 4.90 Å². The molecule has 0 saturated heterocycles. The first-order valence-corrected chi connectivity index (χ1v) is 11.4. The Hall–Kier alpha value is -2.74. The molecule has 1 aliphatic heterocycles. The molecule has 190 valence electrons. The summed E-state index contributed by atoms with van der Waals surface area (Å²) in [4.78, 5) is 18.0. The number of carbonyl (C=O) groups is 1. The van der Waals surface area contributed by atoms with Crippen LogP contribution in [-0.4, -0.2) is 46.0 Å². The average molecular weight is 544 g/mol. The van der Waals surface area contributed by atoms with Crippen molar-refractivity contribution in [3.8, 4) is 0 Å². The van der Waals surface area contributed by atoms with Crippen molar-refractivity contribution in [1.82, 2.24) is 14.6 Å². The summed E-state index contributed by atoms with van der Waals surface area (Å²) in [7, 11) is 0. The lowest BCUT2D eigenvalue weighted by Gasteiger charge is -2.19. The minimum absolute atomic E-state index is 0.0336. The summed E-state index contributed by atoms with van der Waals surface area (Å²) in [5.41, 5.74) is -0.511. The van der Waals surface area contributed by atoms with Crippen molar-refractivity contribution in [3.05, 3.63) is 46.9 Å². The van der Waals surface area contributed by atoms with E-state index >= 15 is 0 Å². The summed E-state index contributed by atoms with van der Waals surface area (Å²) in [6.45, 7) is 0.119. The monoisotopic (exact) mass is 543 g/mol. The van der Waals surface area contributed by atoms with Gasteiger partial charge < -0.3 is 5.32 Å². The average Bonchev–Trinajstić information content (AvgIpc) is 3.33. The highest BCUT2D eigenvalue weighted by Crippen LogP contribution is 2.45. The first-order valence-electron chi connectivity index (χ1n) is 9.77. The largest absolute Gasteiger partial charge is 0.399 e. The number of carbonyl (C=O) groups excluding carboxylic acids is 1. The van der Waals surface area contributed by atoms with Crippen LogP contribution in [-0.2, 0) is 0 Å². The van der Waals surface area contributed by atoms with Gasteiger partial charge in [-0.05, 0) is 31.4 Å². The zero-order valence-electron chi connectivity index (χ0n) is 18.0. The molecule has 0 radical (unpaired) electrons. The van der Waals surface area contributed by atoms with Crippen molar-refractivity contribution in [2.24, 2.45) is 0 Å². The molecule has 0 spiro atoms. The number of aromatic nitrogens is 3. The molecule has 0 fully saturated rings. The predicted octanol–water partition coefficient (Wildman–Crippen LogP) is 7.01. The lowest BCUT2D eigenvalue weighted by Crippen LogP contribution is -2.36. The van der Waals surface area contributed by atoms with E-state index in [1.54, 1.807) is 6.26 Å². The molecule has 3 heterocycles. The molecule has 1 unspecified atom stereocenters. The molecule has 1 aromatic carbocycles. The van der Waals surface area contributed by atoms with Gasteiger partial charge in [0.15, 0.2) is 10.8 Å². The molecule has 15 heteroatoms. The van der Waals surface area contributed by atoms with Crippen LogP contribution in [0.2, 0.25) is 5.15 Å². The number of anilines is 2. The Labute approximate surface area is 203 Å². The number of fused-ring (bicyclic) bond motifs is 3. The quantitative estimate of drug-likeness (QED) is 0.285. The Morgan fingerprint density at radius 3 is 2.46 bits per heavy atom. The maximum atomic E-state index is 13.7. The number of urea groups is 1. The van der Waals surface area contributed by atoms with Crippen LogP contribution in [0.5, 0.6) is 0 Å². The van der Waals surface area contributed by atoms with E-state index in [-0.39, 0.29) is 33.4 Å². The van der Waals surface area contributed by atoms with Crippen LogP contribution in [0.3, 0.4) is 0 Å². The van der Waals surface area contributed by atoms with Crippen molar-refractivity contribution in [2.75, 3.05) is 23.0 Å². The molecule has 0 bridgehead atoms. The molecule has 3 aromatic rings. The second-order valence-electron chi connectivity index (χ2n) is 7.18. The summed E-state index contributed by atoms with van der Waals surface area (Å²) in [6.07, 6.45) is -6.84. The lowest BCUT2D eigenvalue weighted by atomic mass is 10.1. The van der Waals surface area contributed by atoms with Gasteiger partial charge in [-0.2, -0.15) is 18.3 Å². The van der Waals surface area contributed by atoms with Crippen molar-refractivity contribution < 1.29 is 35.5 Å². The van der Waals surface area contributed by atoms with E-state index in [9.17, 15) is 35.5 Å². The highest BCUT2D eigenvalue weighted by atomic mass is 35.5. The zero-order valence-corrected chi connectivity index (χ0v) is 19.5. The highest BCUT2D eigenvalue weighted by Gasteiger charge is 2.50. The number of nitrogens with zero attached hydrogens (tertiary/aromatic N) is 4. The van der Waals surface area contributed by atoms with Crippen molar-refractivity contribution in [2.45, 2.75) is 36.8 Å². The Balaban J connectivity index is 0.000000795. The number of benzene rings is 1. The molecule has 1 aliphatic rings. The van der Waals surface area contributed by atoms with Gasteiger partial charge in [0, 0.05) is 28.8 Å². The van der Waals surface area contributed by atoms with Crippen LogP contribution in [0.25, 0.3) is 5.65 Å². The van der Waals surface area contributed by atoms with E-state index < -0.39 is 37.5 Å². The summed E-state index contributed by atoms with van der Waals surface area (Å²) >= 11 is 6.93. The fourth-order valence-corrected chi connectivity index (χ4v) is 4.20. The van der Waals surface area contributed by atoms with Gasteiger partial charge in [0.25, 0.3) is 6.43 Å². The van der Waals surface area contributed by atoms with Crippen LogP contribution in [0.15, 0.2) is 35.4 Å². The SMILES string of the molecule is CC(F)F.CSc1ccc(NC(=O)N2CC(C(F)(F)F)c3c2cnc2cc(Cl)nn32)cc1C(F)F. The molecule has 2 aromatic heterocycles. The number of alkyl halides is 7. The van der Waals surface area contributed by atoms with Gasteiger partial charge in [0.05, 0.1) is 17.6 Å². The Morgan fingerprint density at radius 1 is 1.23 bits per heavy atom. The topological polar surface area (TPSA) is 62.5 Å². The maximum Gasteiger partial charge on any atom is 0.399 e. The number of rotatable bonds is 3. The molecular weight excluding hydrogens is 527 g/mol. The Morgan fingerprint density at radius 2 is 1.89 bits per heavy atom. The first kappa shape index (κ1) is 26.9. The first-order chi connectivity index (χ1) is 16.3. The predicted molar refractivity (Wildman–Crippen MR) is 118 cm³/mol. The molecule has 1 atom stereocenters. The van der Waals surface area contributed by atoms with E-state index in [0.29, 0.717) is 4.90 Å². The van der Waals surface area contributed by atoms with Gasteiger partial charge in [0.2, 0.25) is 6.43 Å². The summed E-state index contributed by atoms with van der Waals surface area (Å²) in [6, 6.07) is 4.31. The van der Waals surface area contributed by atoms with Crippen LogP contribution in [0.4, 0.5) is 46.9 Å². The Bertz CT molecular complexity index is 1220. The fraction of sp³-hybridized carbons (Fsp3) is 0.350. The summed E-state index contributed by atoms with van der Waals surface area (Å²) in [5, 5.41) is 6.20. The van der Waals surface area contributed by atoms with Gasteiger partial charge in [-0.25, -0.2) is 31.9 Å². The number of thioether (sulfide) groups is 1. The summed E-state index contributed by atoms with van der Waals surface area (Å²) in [5.74, 6) is -2.02. The minimum atomic E-state index is -4.67. The van der Waals surface area contributed by atoms with Crippen LogP contribution < -0.4 is 10.2 Å². The van der Waals surface area contributed by atoms with Gasteiger partial charge in [-0.1, -0.05) is 11.6 Å². The molecule has 0 saturated carbocycles. The molecule has 35 heavy (non-hydrogen) atoms. The molecule has 4 rings (SSSR count). The molecule has 1 N–H and O–H groups in total. The normalized spacial score (nSPS) is 15.4. The third kappa shape index (κ3) is 5.92. The van der Waals surface area contributed by atoms with Crippen molar-refractivity contribution in [3.63, 3.8) is 0 Å². The van der Waals surface area contributed by atoms with Crippen molar-refractivity contribution >= 4 is 46.4 Å². The number of amides is 2. The third-order valence-electron chi connectivity index (χ3n) is 4.81. The third-order valence-corrected chi connectivity index (χ3v) is 5.81. The zero-order chi connectivity index (χ0) is 26.1. The van der Waals surface area contributed by atoms with Crippen molar-refractivity contribution in [1.29, 1.82) is 0 Å². The molecular formula is C20H17ClF7N5OS. The summed E-state index contributed by atoms with van der Waals surface area (Å²) < 4.78 is 89.3. The lowest BCUT2D eigenvalue weighted by molar-refractivity contribution is -0.147. The highest BCUT2D eigenvalue weighted by molar-refractivity contribution is 7.98. The van der Waals surface area contributed by atoms with E-state index in [0.717, 1.165) is 40.4 Å². The standard InChI is InChI=1S/C18H13ClF5N5OS.C2H4F2/c1-31-12-3-2-8(4-9(12)16(20)21)26-17(30)28-7-10(18(22,23)24)15-11(28)6-25-14-5-13(19)27-29(14)15;1-2(3)4/h2-6,10,16H,7H2,1H3,(H,26,30);2H,1H3. The Kier molecular flexibility index (Phi) is 8.04. The minimum Gasteiger partial charge on any atom is -0.308 e. The molecule has 6 nitrogen and oxygen atoms in total. The van der Waals surface area contributed by atoms with E-state index in [1.165, 1.54) is 18.2 Å². The second kappa shape index (κ2) is 10.5. The molecule has 2 amide bonds. The molecule has 0 aliphatic carbocycles. The number of hydrogen-bond acceptors (Lipinski definition) is 4. The number of hydrogen-bond donors (Lipinski definition) is 1. The van der Waals surface area contributed by atoms with Gasteiger partial charge in [-0.15, -0.1) is 11.8 Å². The van der Waals surface area contributed by atoms with E-state index in [2.05, 4.69) is 15.4 Å². The van der Waals surface area contributed by atoms with Crippen LogP contribution in [0.1, 0.15) is 30.5 Å². The smallest absolute Gasteiger partial charge is 0.308 e. The van der Waals surface area contributed by atoms with Crippen LogP contribution in [0, 0.1) is 0 Å². The number of nitrogens with one attached hydrogen (secondary N) is 1. The van der Waals surface area contributed by atoms with E-state index in [1.807, 2.05) is 0 Å². The van der Waals surface area contributed by atoms with Gasteiger partial charge >= 0.3 is 12.2 Å². The van der Waals surface area contributed by atoms with Gasteiger partial charge in [0.1, 0.15) is 5.92 Å².